The molecule has 0 spiro atoms. The fraction of sp³-hybridized carbons (Fsp3) is 0.562. The minimum Gasteiger partial charge on any atom is -0.399 e. The molecule has 1 aromatic carbocycles. The third kappa shape index (κ3) is 4.76. The van der Waals surface area contributed by atoms with Crippen LogP contribution in [0.1, 0.15) is 34.1 Å². The van der Waals surface area contributed by atoms with Gasteiger partial charge in [-0.25, -0.2) is 0 Å². The van der Waals surface area contributed by atoms with Crippen molar-refractivity contribution in [3.05, 3.63) is 24.3 Å². The molecule has 1 rings (SSSR count). The van der Waals surface area contributed by atoms with E-state index in [4.69, 9.17) is 5.73 Å². The third-order valence-electron chi connectivity index (χ3n) is 3.41. The Morgan fingerprint density at radius 1 is 1.35 bits per heavy atom. The minimum absolute atomic E-state index is 0.0647. The normalized spacial score (nSPS) is 12.2. The van der Waals surface area contributed by atoms with E-state index in [1.54, 1.807) is 0 Å². The summed E-state index contributed by atoms with van der Waals surface area (Å²) in [4.78, 5) is 14.3. The van der Waals surface area contributed by atoms with Crippen molar-refractivity contribution in [1.82, 2.24) is 5.32 Å². The van der Waals surface area contributed by atoms with Crippen LogP contribution in [0.4, 0.5) is 11.4 Å². The van der Waals surface area contributed by atoms with E-state index in [0.717, 1.165) is 25.2 Å². The van der Waals surface area contributed by atoms with E-state index in [9.17, 15) is 4.79 Å². The Morgan fingerprint density at radius 3 is 2.60 bits per heavy atom. The number of carbonyl (C=O) groups excluding carboxylic acids is 1. The summed E-state index contributed by atoms with van der Waals surface area (Å²) in [5, 5.41) is 3.00. The SMILES string of the molecule is CCN(c1cccc(N)c1)C(C)C(=O)NCCC(C)C. The molecule has 20 heavy (non-hydrogen) atoms. The molecule has 0 aliphatic heterocycles. The first-order chi connectivity index (χ1) is 9.45. The van der Waals surface area contributed by atoms with Gasteiger partial charge in [-0.05, 0) is 44.4 Å². The highest BCUT2D eigenvalue weighted by molar-refractivity contribution is 5.85. The van der Waals surface area contributed by atoms with E-state index in [2.05, 4.69) is 24.1 Å². The predicted molar refractivity (Wildman–Crippen MR) is 85.8 cm³/mol. The lowest BCUT2D eigenvalue weighted by Gasteiger charge is -2.29. The van der Waals surface area contributed by atoms with Gasteiger partial charge in [-0.2, -0.15) is 0 Å². The van der Waals surface area contributed by atoms with Crippen molar-refractivity contribution in [2.75, 3.05) is 23.7 Å². The van der Waals surface area contributed by atoms with Gasteiger partial charge in [-0.15, -0.1) is 0 Å². The highest BCUT2D eigenvalue weighted by Crippen LogP contribution is 2.19. The number of nitrogens with one attached hydrogen (secondary N) is 1. The van der Waals surface area contributed by atoms with E-state index in [0.29, 0.717) is 11.6 Å². The molecule has 0 aromatic heterocycles. The molecule has 0 bridgehead atoms. The van der Waals surface area contributed by atoms with Gasteiger partial charge in [0.25, 0.3) is 0 Å². The first kappa shape index (κ1) is 16.3. The molecule has 0 aliphatic carbocycles. The van der Waals surface area contributed by atoms with Gasteiger partial charge in [0.05, 0.1) is 0 Å². The summed E-state index contributed by atoms with van der Waals surface area (Å²) in [5.41, 5.74) is 7.51. The van der Waals surface area contributed by atoms with Crippen LogP contribution in [0, 0.1) is 5.92 Å². The molecule has 1 amide bonds. The van der Waals surface area contributed by atoms with Crippen molar-refractivity contribution >= 4 is 17.3 Å². The van der Waals surface area contributed by atoms with Crippen molar-refractivity contribution in [2.45, 2.75) is 40.2 Å². The Hall–Kier alpha value is -1.71. The number of carbonyl (C=O) groups is 1. The number of nitrogen functional groups attached to an aromatic ring is 1. The van der Waals surface area contributed by atoms with Gasteiger partial charge in [0.15, 0.2) is 0 Å². The van der Waals surface area contributed by atoms with Gasteiger partial charge < -0.3 is 16.0 Å². The molecule has 0 heterocycles. The summed E-state index contributed by atoms with van der Waals surface area (Å²) < 4.78 is 0. The Kier molecular flexibility index (Phi) is 6.36. The lowest BCUT2D eigenvalue weighted by Crippen LogP contribution is -2.45. The maximum atomic E-state index is 12.2. The van der Waals surface area contributed by atoms with Gasteiger partial charge >= 0.3 is 0 Å². The maximum absolute atomic E-state index is 12.2. The number of amides is 1. The molecule has 1 unspecified atom stereocenters. The van der Waals surface area contributed by atoms with Crippen molar-refractivity contribution in [3.8, 4) is 0 Å². The molecule has 0 fully saturated rings. The summed E-state index contributed by atoms with van der Waals surface area (Å²) in [6, 6.07) is 7.45. The molecule has 0 radical (unpaired) electrons. The fourth-order valence-corrected chi connectivity index (χ4v) is 2.16. The zero-order chi connectivity index (χ0) is 15.1. The van der Waals surface area contributed by atoms with E-state index in [-0.39, 0.29) is 11.9 Å². The number of likely N-dealkylation sites (N-methyl/N-ethyl adjacent to an activating group) is 1. The van der Waals surface area contributed by atoms with E-state index < -0.39 is 0 Å². The third-order valence-corrected chi connectivity index (χ3v) is 3.41. The largest absolute Gasteiger partial charge is 0.399 e. The first-order valence-corrected chi connectivity index (χ1v) is 7.35. The molecule has 0 saturated heterocycles. The predicted octanol–water partition coefficient (Wildman–Crippen LogP) is 2.65. The lowest BCUT2D eigenvalue weighted by atomic mass is 10.1. The second kappa shape index (κ2) is 7.78. The summed E-state index contributed by atoms with van der Waals surface area (Å²) >= 11 is 0. The van der Waals surface area contributed by atoms with Gasteiger partial charge in [0.2, 0.25) is 5.91 Å². The molecule has 112 valence electrons. The number of rotatable bonds is 7. The average Bonchev–Trinajstić information content (AvgIpc) is 2.39. The number of anilines is 2. The fourth-order valence-electron chi connectivity index (χ4n) is 2.16. The molecule has 4 nitrogen and oxygen atoms in total. The Labute approximate surface area is 122 Å². The Bertz CT molecular complexity index is 431. The molecular formula is C16H27N3O. The smallest absolute Gasteiger partial charge is 0.242 e. The van der Waals surface area contributed by atoms with Crippen LogP contribution in [-0.2, 0) is 4.79 Å². The van der Waals surface area contributed by atoms with Crippen LogP contribution in [0.2, 0.25) is 0 Å². The second-order valence-electron chi connectivity index (χ2n) is 5.53. The zero-order valence-electron chi connectivity index (χ0n) is 13.0. The van der Waals surface area contributed by atoms with E-state index in [1.165, 1.54) is 0 Å². The van der Waals surface area contributed by atoms with E-state index in [1.807, 2.05) is 38.1 Å². The summed E-state index contributed by atoms with van der Waals surface area (Å²) in [6.07, 6.45) is 1.00. The van der Waals surface area contributed by atoms with Gasteiger partial charge in [-0.1, -0.05) is 19.9 Å². The number of hydrogen-bond acceptors (Lipinski definition) is 3. The second-order valence-corrected chi connectivity index (χ2v) is 5.53. The summed E-state index contributed by atoms with van der Waals surface area (Å²) in [7, 11) is 0. The molecular weight excluding hydrogens is 250 g/mol. The zero-order valence-corrected chi connectivity index (χ0v) is 13.0. The number of nitrogens with zero attached hydrogens (tertiary/aromatic N) is 1. The number of benzene rings is 1. The number of hydrogen-bond donors (Lipinski definition) is 2. The lowest BCUT2D eigenvalue weighted by molar-refractivity contribution is -0.122. The van der Waals surface area contributed by atoms with E-state index >= 15 is 0 Å². The van der Waals surface area contributed by atoms with Crippen LogP contribution >= 0.6 is 0 Å². The Balaban J connectivity index is 2.67. The van der Waals surface area contributed by atoms with Crippen molar-refractivity contribution < 1.29 is 4.79 Å². The molecule has 1 atom stereocenters. The molecule has 0 aliphatic rings. The monoisotopic (exact) mass is 277 g/mol. The average molecular weight is 277 g/mol. The first-order valence-electron chi connectivity index (χ1n) is 7.35. The minimum atomic E-state index is -0.200. The van der Waals surface area contributed by atoms with Crippen LogP contribution < -0.4 is 16.0 Å². The topological polar surface area (TPSA) is 58.4 Å². The molecule has 0 saturated carbocycles. The molecule has 3 N–H and O–H groups in total. The van der Waals surface area contributed by atoms with Crippen molar-refractivity contribution in [3.63, 3.8) is 0 Å². The van der Waals surface area contributed by atoms with Crippen molar-refractivity contribution in [1.29, 1.82) is 0 Å². The van der Waals surface area contributed by atoms with Gasteiger partial charge in [0, 0.05) is 24.5 Å². The molecule has 4 heteroatoms. The molecule has 1 aromatic rings. The highest BCUT2D eigenvalue weighted by atomic mass is 16.2. The van der Waals surface area contributed by atoms with Crippen LogP contribution in [-0.4, -0.2) is 25.0 Å². The highest BCUT2D eigenvalue weighted by Gasteiger charge is 2.20. The van der Waals surface area contributed by atoms with Gasteiger partial charge in [0.1, 0.15) is 6.04 Å². The van der Waals surface area contributed by atoms with Crippen LogP contribution in [0.25, 0.3) is 0 Å². The number of nitrogens with two attached hydrogens (primary N) is 1. The quantitative estimate of drug-likeness (QED) is 0.753. The Morgan fingerprint density at radius 2 is 2.05 bits per heavy atom. The van der Waals surface area contributed by atoms with Crippen LogP contribution in [0.15, 0.2) is 24.3 Å². The van der Waals surface area contributed by atoms with Crippen molar-refractivity contribution in [2.24, 2.45) is 5.92 Å². The summed E-state index contributed by atoms with van der Waals surface area (Å²) in [5.74, 6) is 0.664. The summed E-state index contributed by atoms with van der Waals surface area (Å²) in [6.45, 7) is 9.78. The van der Waals surface area contributed by atoms with Crippen LogP contribution in [0.3, 0.4) is 0 Å². The van der Waals surface area contributed by atoms with Crippen LogP contribution in [0.5, 0.6) is 0 Å². The maximum Gasteiger partial charge on any atom is 0.242 e. The van der Waals surface area contributed by atoms with Gasteiger partial charge in [-0.3, -0.25) is 4.79 Å². The standard InChI is InChI=1S/C16H27N3O/c1-5-19(15-8-6-7-14(17)11-15)13(4)16(20)18-10-9-12(2)3/h6-8,11-13H,5,9-10,17H2,1-4H3,(H,18,20).